The fraction of sp³-hybridized carbons (Fsp3) is 0.263. The van der Waals surface area contributed by atoms with E-state index in [-0.39, 0.29) is 23.5 Å². The summed E-state index contributed by atoms with van der Waals surface area (Å²) in [6.45, 7) is 1.11. The summed E-state index contributed by atoms with van der Waals surface area (Å²) in [6.07, 6.45) is 0. The molecule has 0 N–H and O–H groups in total. The standard InChI is InChI=1S/C19H19FN2O6/c1-12-8-14(5-6-16(12)22(25)26)19(24)28-11-18(23)21(2)10-13-4-7-17(27-3)15(20)9-13/h4-9H,10-11H2,1-3H3. The van der Waals surface area contributed by atoms with Crippen LogP contribution in [-0.2, 0) is 16.1 Å². The Hall–Kier alpha value is -3.49. The summed E-state index contributed by atoms with van der Waals surface area (Å²) in [5.74, 6) is -1.69. The van der Waals surface area contributed by atoms with E-state index >= 15 is 0 Å². The lowest BCUT2D eigenvalue weighted by atomic mass is 10.1. The van der Waals surface area contributed by atoms with E-state index in [0.717, 1.165) is 0 Å². The van der Waals surface area contributed by atoms with Gasteiger partial charge in [-0.15, -0.1) is 0 Å². The summed E-state index contributed by atoms with van der Waals surface area (Å²) in [7, 11) is 2.85. The molecular formula is C19H19FN2O6. The van der Waals surface area contributed by atoms with Crippen molar-refractivity contribution < 1.29 is 28.4 Å². The monoisotopic (exact) mass is 390 g/mol. The number of aryl methyl sites for hydroxylation is 1. The minimum atomic E-state index is -0.768. The van der Waals surface area contributed by atoms with Gasteiger partial charge in [0.2, 0.25) is 0 Å². The smallest absolute Gasteiger partial charge is 0.338 e. The number of nitro groups is 1. The van der Waals surface area contributed by atoms with Crippen molar-refractivity contribution >= 4 is 17.6 Å². The molecule has 28 heavy (non-hydrogen) atoms. The van der Waals surface area contributed by atoms with Crippen LogP contribution < -0.4 is 4.74 Å². The molecule has 0 radical (unpaired) electrons. The maximum atomic E-state index is 13.7. The number of likely N-dealkylation sites (N-methyl/N-ethyl adjacent to an activating group) is 1. The van der Waals surface area contributed by atoms with E-state index in [1.807, 2.05) is 0 Å². The van der Waals surface area contributed by atoms with Crippen LogP contribution in [0.15, 0.2) is 36.4 Å². The van der Waals surface area contributed by atoms with Crippen molar-refractivity contribution in [3.8, 4) is 5.75 Å². The van der Waals surface area contributed by atoms with Crippen LogP contribution in [0.3, 0.4) is 0 Å². The summed E-state index contributed by atoms with van der Waals surface area (Å²) >= 11 is 0. The third-order valence-corrected chi connectivity index (χ3v) is 4.02. The number of benzene rings is 2. The lowest BCUT2D eigenvalue weighted by Gasteiger charge is -2.17. The predicted molar refractivity (Wildman–Crippen MR) is 97.5 cm³/mol. The maximum Gasteiger partial charge on any atom is 0.338 e. The van der Waals surface area contributed by atoms with Crippen molar-refractivity contribution in [2.24, 2.45) is 0 Å². The van der Waals surface area contributed by atoms with Crippen LogP contribution in [0.1, 0.15) is 21.5 Å². The van der Waals surface area contributed by atoms with E-state index in [0.29, 0.717) is 11.1 Å². The van der Waals surface area contributed by atoms with Crippen molar-refractivity contribution in [1.29, 1.82) is 0 Å². The highest BCUT2D eigenvalue weighted by atomic mass is 19.1. The molecule has 0 unspecified atom stereocenters. The van der Waals surface area contributed by atoms with Gasteiger partial charge >= 0.3 is 5.97 Å². The summed E-state index contributed by atoms with van der Waals surface area (Å²) in [4.78, 5) is 35.7. The minimum absolute atomic E-state index is 0.102. The fourth-order valence-electron chi connectivity index (χ4n) is 2.48. The van der Waals surface area contributed by atoms with Gasteiger partial charge in [0.05, 0.1) is 17.6 Å². The number of nitrogens with zero attached hydrogens (tertiary/aromatic N) is 2. The molecule has 0 saturated heterocycles. The van der Waals surface area contributed by atoms with E-state index in [2.05, 4.69) is 0 Å². The van der Waals surface area contributed by atoms with Gasteiger partial charge in [-0.2, -0.15) is 0 Å². The molecule has 2 aromatic rings. The van der Waals surface area contributed by atoms with Crippen LogP contribution in [0.25, 0.3) is 0 Å². The van der Waals surface area contributed by atoms with Crippen LogP contribution in [0.4, 0.5) is 10.1 Å². The topological polar surface area (TPSA) is 99.0 Å². The molecule has 0 spiro atoms. The number of carbonyl (C=O) groups excluding carboxylic acids is 2. The molecule has 0 saturated carbocycles. The molecule has 0 fully saturated rings. The number of nitro benzene ring substituents is 1. The van der Waals surface area contributed by atoms with Gasteiger partial charge in [0, 0.05) is 25.2 Å². The number of carbonyl (C=O) groups is 2. The molecule has 9 heteroatoms. The number of ether oxygens (including phenoxy) is 2. The van der Waals surface area contributed by atoms with Crippen molar-refractivity contribution in [2.45, 2.75) is 13.5 Å². The quantitative estimate of drug-likeness (QED) is 0.410. The molecule has 0 aliphatic carbocycles. The highest BCUT2D eigenvalue weighted by Gasteiger charge is 2.17. The summed E-state index contributed by atoms with van der Waals surface area (Å²) in [6, 6.07) is 8.14. The first-order valence-corrected chi connectivity index (χ1v) is 8.21. The highest BCUT2D eigenvalue weighted by molar-refractivity contribution is 5.91. The number of hydrogen-bond donors (Lipinski definition) is 0. The first-order chi connectivity index (χ1) is 13.2. The second-order valence-corrected chi connectivity index (χ2v) is 6.05. The predicted octanol–water partition coefficient (Wildman–Crippen LogP) is 2.87. The number of halogens is 1. The van der Waals surface area contributed by atoms with E-state index < -0.39 is 29.2 Å². The zero-order chi connectivity index (χ0) is 20.8. The highest BCUT2D eigenvalue weighted by Crippen LogP contribution is 2.20. The molecule has 2 rings (SSSR count). The summed E-state index contributed by atoms with van der Waals surface area (Å²) in [5.41, 5.74) is 0.853. The van der Waals surface area contributed by atoms with Gasteiger partial charge in [-0.25, -0.2) is 9.18 Å². The van der Waals surface area contributed by atoms with Gasteiger partial charge in [0.25, 0.3) is 11.6 Å². The minimum Gasteiger partial charge on any atom is -0.494 e. The van der Waals surface area contributed by atoms with Crippen molar-refractivity contribution in [1.82, 2.24) is 4.90 Å². The molecule has 8 nitrogen and oxygen atoms in total. The Morgan fingerprint density at radius 1 is 1.21 bits per heavy atom. The summed E-state index contributed by atoms with van der Waals surface area (Å²) < 4.78 is 23.5. The van der Waals surface area contributed by atoms with E-state index in [1.54, 1.807) is 6.07 Å². The van der Waals surface area contributed by atoms with Crippen molar-refractivity contribution in [3.05, 3.63) is 69.0 Å². The first kappa shape index (κ1) is 20.8. The van der Waals surface area contributed by atoms with Crippen LogP contribution in [-0.4, -0.2) is 42.5 Å². The first-order valence-electron chi connectivity index (χ1n) is 8.21. The van der Waals surface area contributed by atoms with Gasteiger partial charge in [0.15, 0.2) is 18.2 Å². The lowest BCUT2D eigenvalue weighted by Crippen LogP contribution is -2.30. The lowest BCUT2D eigenvalue weighted by molar-refractivity contribution is -0.385. The van der Waals surface area contributed by atoms with Crippen LogP contribution in [0.2, 0.25) is 0 Å². The molecular weight excluding hydrogens is 371 g/mol. The zero-order valence-corrected chi connectivity index (χ0v) is 15.6. The number of amides is 1. The van der Waals surface area contributed by atoms with Gasteiger partial charge in [-0.3, -0.25) is 14.9 Å². The van der Waals surface area contributed by atoms with E-state index in [4.69, 9.17) is 9.47 Å². The molecule has 1 amide bonds. The largest absolute Gasteiger partial charge is 0.494 e. The number of rotatable bonds is 7. The van der Waals surface area contributed by atoms with E-state index in [1.165, 1.54) is 56.3 Å². The zero-order valence-electron chi connectivity index (χ0n) is 15.6. The Morgan fingerprint density at radius 2 is 1.93 bits per heavy atom. The molecule has 0 heterocycles. The van der Waals surface area contributed by atoms with Crippen LogP contribution in [0, 0.1) is 22.9 Å². The molecule has 0 aliphatic heterocycles. The fourth-order valence-corrected chi connectivity index (χ4v) is 2.48. The van der Waals surface area contributed by atoms with Crippen LogP contribution >= 0.6 is 0 Å². The molecule has 0 aliphatic rings. The normalized spacial score (nSPS) is 10.3. The Balaban J connectivity index is 1.93. The second-order valence-electron chi connectivity index (χ2n) is 6.05. The second kappa shape index (κ2) is 8.94. The van der Waals surface area contributed by atoms with Gasteiger partial charge < -0.3 is 14.4 Å². The van der Waals surface area contributed by atoms with Crippen LogP contribution in [0.5, 0.6) is 5.75 Å². The summed E-state index contributed by atoms with van der Waals surface area (Å²) in [5, 5.41) is 10.8. The average molecular weight is 390 g/mol. The SMILES string of the molecule is COc1ccc(CN(C)C(=O)COC(=O)c2ccc([N+](=O)[O-])c(C)c2)cc1F. The van der Waals surface area contributed by atoms with E-state index in [9.17, 15) is 24.1 Å². The molecule has 148 valence electrons. The Bertz CT molecular complexity index is 915. The number of esters is 1. The molecule has 0 bridgehead atoms. The molecule has 2 aromatic carbocycles. The molecule has 0 atom stereocenters. The van der Waals surface area contributed by atoms with Crippen molar-refractivity contribution in [3.63, 3.8) is 0 Å². The van der Waals surface area contributed by atoms with Gasteiger partial charge in [0.1, 0.15) is 0 Å². The number of hydrogen-bond acceptors (Lipinski definition) is 6. The third-order valence-electron chi connectivity index (χ3n) is 4.02. The third kappa shape index (κ3) is 5.03. The maximum absolute atomic E-state index is 13.7. The number of methoxy groups -OCH3 is 1. The van der Waals surface area contributed by atoms with Gasteiger partial charge in [-0.1, -0.05) is 6.07 Å². The Morgan fingerprint density at radius 3 is 2.50 bits per heavy atom. The van der Waals surface area contributed by atoms with Crippen molar-refractivity contribution in [2.75, 3.05) is 20.8 Å². The Labute approximate surface area is 160 Å². The average Bonchev–Trinajstić information content (AvgIpc) is 2.65. The van der Waals surface area contributed by atoms with Gasteiger partial charge in [-0.05, 0) is 36.8 Å². The Kier molecular flexibility index (Phi) is 6.64. The molecule has 0 aromatic heterocycles.